The molecular weight excluding hydrogens is 206 g/mol. The summed E-state index contributed by atoms with van der Waals surface area (Å²) in [7, 11) is 1.84. The summed E-state index contributed by atoms with van der Waals surface area (Å²) in [5, 5.41) is 3.67. The van der Waals surface area contributed by atoms with Gasteiger partial charge in [0.15, 0.2) is 0 Å². The lowest BCUT2D eigenvalue weighted by atomic mass is 9.92. The molecule has 1 rings (SSSR count). The van der Waals surface area contributed by atoms with Gasteiger partial charge in [-0.3, -0.25) is 0 Å². The van der Waals surface area contributed by atoms with Gasteiger partial charge in [0, 0.05) is 13.2 Å². The minimum absolute atomic E-state index is 0.445. The Hall–Kier alpha value is 0.270. The van der Waals surface area contributed by atoms with Gasteiger partial charge in [0.05, 0.1) is 6.10 Å². The summed E-state index contributed by atoms with van der Waals surface area (Å²) in [6.07, 6.45) is 7.82. The molecule has 3 atom stereocenters. The van der Waals surface area contributed by atoms with Gasteiger partial charge in [-0.2, -0.15) is 11.8 Å². The van der Waals surface area contributed by atoms with Crippen LogP contribution in [0.1, 0.15) is 32.6 Å². The molecule has 0 bridgehead atoms. The third kappa shape index (κ3) is 4.75. The molecule has 1 aliphatic carbocycles. The van der Waals surface area contributed by atoms with Gasteiger partial charge in [0.1, 0.15) is 0 Å². The molecule has 0 aromatic carbocycles. The van der Waals surface area contributed by atoms with Gasteiger partial charge in [-0.05, 0) is 37.3 Å². The van der Waals surface area contributed by atoms with Gasteiger partial charge >= 0.3 is 0 Å². The van der Waals surface area contributed by atoms with Crippen LogP contribution in [0.4, 0.5) is 0 Å². The Morgan fingerprint density at radius 2 is 2.13 bits per heavy atom. The molecule has 0 aromatic rings. The predicted molar refractivity (Wildman–Crippen MR) is 68.6 cm³/mol. The highest BCUT2D eigenvalue weighted by Gasteiger charge is 2.24. The molecule has 90 valence electrons. The molecular formula is C12H25NOS. The smallest absolute Gasteiger partial charge is 0.0724 e. The maximum Gasteiger partial charge on any atom is 0.0724 e. The number of methoxy groups -OCH3 is 1. The minimum Gasteiger partial charge on any atom is -0.380 e. The normalized spacial score (nSPS) is 29.0. The predicted octanol–water partition coefficient (Wildman–Crippen LogP) is 2.53. The Morgan fingerprint density at radius 1 is 1.40 bits per heavy atom. The fourth-order valence-corrected chi connectivity index (χ4v) is 3.00. The zero-order valence-corrected chi connectivity index (χ0v) is 11.1. The molecule has 0 aliphatic heterocycles. The Morgan fingerprint density at radius 3 is 2.80 bits per heavy atom. The van der Waals surface area contributed by atoms with Crippen molar-refractivity contribution < 1.29 is 4.74 Å². The van der Waals surface area contributed by atoms with Crippen molar-refractivity contribution in [2.75, 3.05) is 25.7 Å². The average molecular weight is 231 g/mol. The molecule has 0 amide bonds. The van der Waals surface area contributed by atoms with Crippen molar-refractivity contribution in [1.82, 2.24) is 5.32 Å². The Bertz CT molecular complexity index is 166. The maximum atomic E-state index is 5.53. The van der Waals surface area contributed by atoms with Crippen molar-refractivity contribution in [1.29, 1.82) is 0 Å². The van der Waals surface area contributed by atoms with Crippen LogP contribution >= 0.6 is 11.8 Å². The second-order valence-electron chi connectivity index (χ2n) is 4.63. The van der Waals surface area contributed by atoms with Crippen molar-refractivity contribution >= 4 is 11.8 Å². The average Bonchev–Trinajstić information content (AvgIpc) is 2.27. The lowest BCUT2D eigenvalue weighted by Crippen LogP contribution is -2.44. The fraction of sp³-hybridized carbons (Fsp3) is 1.00. The summed E-state index contributed by atoms with van der Waals surface area (Å²) in [5.41, 5.74) is 0. The van der Waals surface area contributed by atoms with Crippen molar-refractivity contribution in [3.63, 3.8) is 0 Å². The van der Waals surface area contributed by atoms with Gasteiger partial charge < -0.3 is 10.1 Å². The van der Waals surface area contributed by atoms with Crippen LogP contribution in [-0.4, -0.2) is 37.8 Å². The zero-order chi connectivity index (χ0) is 11.1. The minimum atomic E-state index is 0.445. The first kappa shape index (κ1) is 13.3. The van der Waals surface area contributed by atoms with E-state index >= 15 is 0 Å². The second kappa shape index (κ2) is 7.53. The molecule has 3 heteroatoms. The van der Waals surface area contributed by atoms with E-state index in [0.29, 0.717) is 12.1 Å². The van der Waals surface area contributed by atoms with Crippen LogP contribution in [0.2, 0.25) is 0 Å². The van der Waals surface area contributed by atoms with E-state index in [4.69, 9.17) is 4.74 Å². The van der Waals surface area contributed by atoms with Gasteiger partial charge in [0.25, 0.3) is 0 Å². The Labute approximate surface area is 98.5 Å². The van der Waals surface area contributed by atoms with Crippen LogP contribution in [0.5, 0.6) is 0 Å². The highest BCUT2D eigenvalue weighted by molar-refractivity contribution is 7.98. The van der Waals surface area contributed by atoms with Crippen LogP contribution in [-0.2, 0) is 4.74 Å². The first-order valence-corrected chi connectivity index (χ1v) is 7.42. The van der Waals surface area contributed by atoms with Crippen LogP contribution in [0.3, 0.4) is 0 Å². The molecule has 0 heterocycles. The van der Waals surface area contributed by atoms with Gasteiger partial charge in [0.2, 0.25) is 0 Å². The van der Waals surface area contributed by atoms with E-state index in [1.54, 1.807) is 0 Å². The van der Waals surface area contributed by atoms with Crippen LogP contribution < -0.4 is 5.32 Å². The number of rotatable bonds is 6. The zero-order valence-electron chi connectivity index (χ0n) is 10.3. The second-order valence-corrected chi connectivity index (χ2v) is 5.54. The van der Waals surface area contributed by atoms with Crippen molar-refractivity contribution in [2.45, 2.75) is 44.8 Å². The highest BCUT2D eigenvalue weighted by Crippen LogP contribution is 2.20. The SMILES string of the molecule is COC1CCCCC1NCC(C)CSC. The molecule has 0 spiro atoms. The van der Waals surface area contributed by atoms with E-state index in [-0.39, 0.29) is 0 Å². The molecule has 15 heavy (non-hydrogen) atoms. The van der Waals surface area contributed by atoms with E-state index in [1.807, 2.05) is 18.9 Å². The van der Waals surface area contributed by atoms with Gasteiger partial charge in [-0.1, -0.05) is 19.8 Å². The van der Waals surface area contributed by atoms with E-state index < -0.39 is 0 Å². The van der Waals surface area contributed by atoms with Gasteiger partial charge in [-0.15, -0.1) is 0 Å². The molecule has 1 N–H and O–H groups in total. The Kier molecular flexibility index (Phi) is 6.69. The van der Waals surface area contributed by atoms with Crippen LogP contribution in [0.25, 0.3) is 0 Å². The number of thioether (sulfide) groups is 1. The topological polar surface area (TPSA) is 21.3 Å². The lowest BCUT2D eigenvalue weighted by Gasteiger charge is -2.32. The largest absolute Gasteiger partial charge is 0.380 e. The molecule has 0 saturated heterocycles. The molecule has 0 aromatic heterocycles. The summed E-state index contributed by atoms with van der Waals surface area (Å²) >= 11 is 1.93. The summed E-state index contributed by atoms with van der Waals surface area (Å²) < 4.78 is 5.53. The molecule has 3 unspecified atom stereocenters. The summed E-state index contributed by atoms with van der Waals surface area (Å²) in [6.45, 7) is 3.44. The van der Waals surface area contributed by atoms with Gasteiger partial charge in [-0.25, -0.2) is 0 Å². The van der Waals surface area contributed by atoms with E-state index in [0.717, 1.165) is 12.5 Å². The van der Waals surface area contributed by atoms with Crippen LogP contribution in [0.15, 0.2) is 0 Å². The summed E-state index contributed by atoms with van der Waals surface area (Å²) in [5.74, 6) is 2.01. The molecule has 1 aliphatic rings. The maximum absolute atomic E-state index is 5.53. The molecule has 2 nitrogen and oxygen atoms in total. The summed E-state index contributed by atoms with van der Waals surface area (Å²) in [6, 6.07) is 0.591. The first-order chi connectivity index (χ1) is 7.27. The molecule has 1 saturated carbocycles. The third-order valence-corrected chi connectivity index (χ3v) is 4.09. The number of hydrogen-bond donors (Lipinski definition) is 1. The van der Waals surface area contributed by atoms with Crippen molar-refractivity contribution in [3.8, 4) is 0 Å². The first-order valence-electron chi connectivity index (χ1n) is 6.03. The summed E-state index contributed by atoms with van der Waals surface area (Å²) in [4.78, 5) is 0. The third-order valence-electron chi connectivity index (χ3n) is 3.18. The highest BCUT2D eigenvalue weighted by atomic mass is 32.2. The van der Waals surface area contributed by atoms with Crippen molar-refractivity contribution in [2.24, 2.45) is 5.92 Å². The van der Waals surface area contributed by atoms with Crippen molar-refractivity contribution in [3.05, 3.63) is 0 Å². The molecule has 1 fully saturated rings. The standard InChI is InChI=1S/C12H25NOS/c1-10(9-15-3)8-13-11-6-4-5-7-12(11)14-2/h10-13H,4-9H2,1-3H3. The monoisotopic (exact) mass is 231 g/mol. The van der Waals surface area contributed by atoms with Crippen LogP contribution in [0, 0.1) is 5.92 Å². The fourth-order valence-electron chi connectivity index (χ4n) is 2.31. The van der Waals surface area contributed by atoms with E-state index in [2.05, 4.69) is 18.5 Å². The molecule has 0 radical (unpaired) electrons. The number of ether oxygens (including phenoxy) is 1. The quantitative estimate of drug-likeness (QED) is 0.759. The Balaban J connectivity index is 2.22. The van der Waals surface area contributed by atoms with E-state index in [9.17, 15) is 0 Å². The lowest BCUT2D eigenvalue weighted by molar-refractivity contribution is 0.0410. The number of hydrogen-bond acceptors (Lipinski definition) is 3. The number of nitrogens with one attached hydrogen (secondary N) is 1. The van der Waals surface area contributed by atoms with E-state index in [1.165, 1.54) is 31.4 Å².